The minimum absolute atomic E-state index is 0.174. The largest absolute Gasteiger partial charge is 0.399 e. The summed E-state index contributed by atoms with van der Waals surface area (Å²) < 4.78 is 0.729. The molecule has 0 spiro atoms. The fourth-order valence-electron chi connectivity index (χ4n) is 1.96. The fraction of sp³-hybridized carbons (Fsp3) is 0.188. The number of rotatable bonds is 4. The van der Waals surface area contributed by atoms with Gasteiger partial charge in [-0.25, -0.2) is 0 Å². The second-order valence-corrected chi connectivity index (χ2v) is 5.49. The lowest BCUT2D eigenvalue weighted by Gasteiger charge is -2.08. The van der Waals surface area contributed by atoms with Gasteiger partial charge < -0.3 is 11.1 Å². The number of hydrogen-bond donors (Lipinski definition) is 2. The Kier molecular flexibility index (Phi) is 4.79. The molecule has 0 saturated carbocycles. The van der Waals surface area contributed by atoms with Crippen molar-refractivity contribution in [2.45, 2.75) is 19.8 Å². The lowest BCUT2D eigenvalue weighted by atomic mass is 10.1. The molecule has 2 aromatic carbocycles. The summed E-state index contributed by atoms with van der Waals surface area (Å²) in [6, 6.07) is 13.1. The molecule has 0 unspecified atom stereocenters. The molecule has 104 valence electrons. The third-order valence-electron chi connectivity index (χ3n) is 2.99. The lowest BCUT2D eigenvalue weighted by Crippen LogP contribution is -2.13. The van der Waals surface area contributed by atoms with Crippen molar-refractivity contribution >= 4 is 33.2 Å². The Hall–Kier alpha value is -1.81. The summed E-state index contributed by atoms with van der Waals surface area (Å²) in [7, 11) is 0. The maximum atomic E-state index is 12.2. The molecule has 2 rings (SSSR count). The van der Waals surface area contributed by atoms with E-state index in [4.69, 9.17) is 5.73 Å². The zero-order valence-corrected chi connectivity index (χ0v) is 12.9. The summed E-state index contributed by atoms with van der Waals surface area (Å²) in [6.07, 6.45) is 2.16. The van der Waals surface area contributed by atoms with Crippen LogP contribution in [0.1, 0.15) is 29.3 Å². The average Bonchev–Trinajstić information content (AvgIpc) is 2.44. The van der Waals surface area contributed by atoms with Crippen LogP contribution in [0.2, 0.25) is 0 Å². The molecule has 0 aromatic heterocycles. The van der Waals surface area contributed by atoms with Crippen LogP contribution in [0, 0.1) is 0 Å². The molecular weight excluding hydrogens is 316 g/mol. The van der Waals surface area contributed by atoms with Crippen LogP contribution < -0.4 is 11.1 Å². The maximum Gasteiger partial charge on any atom is 0.256 e. The minimum Gasteiger partial charge on any atom is -0.399 e. The monoisotopic (exact) mass is 332 g/mol. The topological polar surface area (TPSA) is 55.1 Å². The zero-order valence-electron chi connectivity index (χ0n) is 11.3. The van der Waals surface area contributed by atoms with Gasteiger partial charge in [0.05, 0.1) is 5.56 Å². The smallest absolute Gasteiger partial charge is 0.256 e. The molecule has 0 aliphatic carbocycles. The molecule has 0 atom stereocenters. The van der Waals surface area contributed by atoms with Gasteiger partial charge in [-0.05, 0) is 58.2 Å². The highest BCUT2D eigenvalue weighted by Crippen LogP contribution is 2.21. The number of nitrogens with one attached hydrogen (secondary N) is 1. The van der Waals surface area contributed by atoms with Gasteiger partial charge in [0, 0.05) is 15.8 Å². The molecule has 0 aliphatic rings. The van der Waals surface area contributed by atoms with Gasteiger partial charge >= 0.3 is 0 Å². The Balaban J connectivity index is 2.13. The predicted molar refractivity (Wildman–Crippen MR) is 86.9 cm³/mol. The highest BCUT2D eigenvalue weighted by molar-refractivity contribution is 9.10. The first-order valence-electron chi connectivity index (χ1n) is 6.55. The number of hydrogen-bond acceptors (Lipinski definition) is 2. The van der Waals surface area contributed by atoms with E-state index >= 15 is 0 Å². The molecule has 4 heteroatoms. The summed E-state index contributed by atoms with van der Waals surface area (Å²) >= 11 is 3.36. The average molecular weight is 333 g/mol. The van der Waals surface area contributed by atoms with Gasteiger partial charge in [0.15, 0.2) is 0 Å². The SMILES string of the molecule is CCCc1ccc(NC(=O)c2cc(N)ccc2Br)cc1. The summed E-state index contributed by atoms with van der Waals surface area (Å²) in [5.74, 6) is -0.174. The fourth-order valence-corrected chi connectivity index (χ4v) is 2.39. The number of halogens is 1. The molecular formula is C16H17BrN2O. The van der Waals surface area contributed by atoms with Crippen LogP contribution in [-0.4, -0.2) is 5.91 Å². The first kappa shape index (κ1) is 14.6. The van der Waals surface area contributed by atoms with Gasteiger partial charge in [-0.2, -0.15) is 0 Å². The molecule has 0 bridgehead atoms. The third-order valence-corrected chi connectivity index (χ3v) is 3.68. The second kappa shape index (κ2) is 6.57. The standard InChI is InChI=1S/C16H17BrN2O/c1-2-3-11-4-7-13(8-5-11)19-16(20)14-10-12(18)6-9-15(14)17/h4-10H,2-3,18H2,1H3,(H,19,20). The number of carbonyl (C=O) groups excluding carboxylic acids is 1. The normalized spacial score (nSPS) is 10.3. The molecule has 0 saturated heterocycles. The molecule has 0 heterocycles. The summed E-state index contributed by atoms with van der Waals surface area (Å²) in [5, 5.41) is 2.87. The van der Waals surface area contributed by atoms with E-state index in [1.54, 1.807) is 18.2 Å². The first-order chi connectivity index (χ1) is 9.60. The molecule has 3 N–H and O–H groups in total. The highest BCUT2D eigenvalue weighted by atomic mass is 79.9. The highest BCUT2D eigenvalue weighted by Gasteiger charge is 2.10. The Bertz CT molecular complexity index is 608. The van der Waals surface area contributed by atoms with Crippen molar-refractivity contribution in [3.8, 4) is 0 Å². The van der Waals surface area contributed by atoms with E-state index in [-0.39, 0.29) is 5.91 Å². The van der Waals surface area contributed by atoms with E-state index < -0.39 is 0 Å². The minimum atomic E-state index is -0.174. The van der Waals surface area contributed by atoms with Crippen LogP contribution in [0.25, 0.3) is 0 Å². The van der Waals surface area contributed by atoms with Crippen molar-refractivity contribution in [3.63, 3.8) is 0 Å². The van der Waals surface area contributed by atoms with Crippen LogP contribution in [0.5, 0.6) is 0 Å². The van der Waals surface area contributed by atoms with E-state index in [9.17, 15) is 4.79 Å². The van der Waals surface area contributed by atoms with Crippen LogP contribution in [0.3, 0.4) is 0 Å². The number of nitrogen functional groups attached to an aromatic ring is 1. The number of amides is 1. The number of benzene rings is 2. The Labute approximate surface area is 127 Å². The molecule has 0 aliphatic heterocycles. The zero-order chi connectivity index (χ0) is 14.5. The lowest BCUT2D eigenvalue weighted by molar-refractivity contribution is 0.102. The van der Waals surface area contributed by atoms with Crippen LogP contribution in [0.4, 0.5) is 11.4 Å². The van der Waals surface area contributed by atoms with Gasteiger partial charge in [-0.1, -0.05) is 25.5 Å². The van der Waals surface area contributed by atoms with Crippen molar-refractivity contribution in [1.29, 1.82) is 0 Å². The second-order valence-electron chi connectivity index (χ2n) is 4.64. The molecule has 2 aromatic rings. The van der Waals surface area contributed by atoms with Gasteiger partial charge in [-0.3, -0.25) is 4.79 Å². The molecule has 0 radical (unpaired) electrons. The summed E-state index contributed by atoms with van der Waals surface area (Å²) in [6.45, 7) is 2.15. The quantitative estimate of drug-likeness (QED) is 0.823. The summed E-state index contributed by atoms with van der Waals surface area (Å²) in [5.41, 5.74) is 8.86. The van der Waals surface area contributed by atoms with Gasteiger partial charge in [-0.15, -0.1) is 0 Å². The predicted octanol–water partition coefficient (Wildman–Crippen LogP) is 4.24. The van der Waals surface area contributed by atoms with Crippen molar-refractivity contribution in [1.82, 2.24) is 0 Å². The Morgan fingerprint density at radius 3 is 2.55 bits per heavy atom. The van der Waals surface area contributed by atoms with Crippen molar-refractivity contribution < 1.29 is 4.79 Å². The van der Waals surface area contributed by atoms with E-state index in [1.165, 1.54) is 5.56 Å². The first-order valence-corrected chi connectivity index (χ1v) is 7.34. The van der Waals surface area contributed by atoms with E-state index in [1.807, 2.05) is 24.3 Å². The van der Waals surface area contributed by atoms with Gasteiger partial charge in [0.1, 0.15) is 0 Å². The number of aryl methyl sites for hydroxylation is 1. The number of anilines is 2. The van der Waals surface area contributed by atoms with Gasteiger partial charge in [0.2, 0.25) is 0 Å². The van der Waals surface area contributed by atoms with E-state index in [2.05, 4.69) is 28.2 Å². The van der Waals surface area contributed by atoms with Crippen LogP contribution >= 0.6 is 15.9 Å². The molecule has 20 heavy (non-hydrogen) atoms. The Morgan fingerprint density at radius 1 is 1.20 bits per heavy atom. The molecule has 0 fully saturated rings. The molecule has 3 nitrogen and oxygen atoms in total. The molecule has 1 amide bonds. The third kappa shape index (κ3) is 3.61. The van der Waals surface area contributed by atoms with Crippen LogP contribution in [-0.2, 0) is 6.42 Å². The van der Waals surface area contributed by atoms with E-state index in [0.29, 0.717) is 11.3 Å². The van der Waals surface area contributed by atoms with Crippen molar-refractivity contribution in [2.24, 2.45) is 0 Å². The van der Waals surface area contributed by atoms with Crippen LogP contribution in [0.15, 0.2) is 46.9 Å². The van der Waals surface area contributed by atoms with E-state index in [0.717, 1.165) is 23.0 Å². The number of carbonyl (C=O) groups is 1. The number of nitrogens with two attached hydrogens (primary N) is 1. The summed E-state index contributed by atoms with van der Waals surface area (Å²) in [4.78, 5) is 12.2. The van der Waals surface area contributed by atoms with Crippen molar-refractivity contribution in [2.75, 3.05) is 11.1 Å². The van der Waals surface area contributed by atoms with Gasteiger partial charge in [0.25, 0.3) is 5.91 Å². The van der Waals surface area contributed by atoms with Crippen molar-refractivity contribution in [3.05, 3.63) is 58.1 Å². The Morgan fingerprint density at radius 2 is 1.90 bits per heavy atom. The maximum absolute atomic E-state index is 12.2.